The molecule has 16 nitrogen and oxygen atoms in total. The van der Waals surface area contributed by atoms with Gasteiger partial charge < -0.3 is 48.3 Å². The second-order valence-electron chi connectivity index (χ2n) is 25.3. The minimum Gasteiger partial charge on any atom is -0.466 e. The minimum atomic E-state index is -2.02. The zero-order valence-electron chi connectivity index (χ0n) is 51.3. The van der Waals surface area contributed by atoms with Crippen molar-refractivity contribution in [2.45, 2.75) is 167 Å². The van der Waals surface area contributed by atoms with Crippen LogP contribution in [0.15, 0.2) is 73.4 Å². The van der Waals surface area contributed by atoms with Crippen LogP contribution in [0, 0.1) is 76.9 Å². The summed E-state index contributed by atoms with van der Waals surface area (Å²) in [5, 5.41) is 11.1. The number of fused-ring (bicyclic) bond motifs is 18. The lowest BCUT2D eigenvalue weighted by Crippen LogP contribution is -2.38. The van der Waals surface area contributed by atoms with Gasteiger partial charge in [-0.15, -0.1) is 0 Å². The number of unbranched alkanes of at least 4 members (excludes halogenated alkanes) is 1. The molecule has 0 aromatic carbocycles. The van der Waals surface area contributed by atoms with E-state index >= 15 is 0 Å². The molecule has 0 aromatic rings. The van der Waals surface area contributed by atoms with Crippen LogP contribution in [0.5, 0.6) is 0 Å². The molecule has 10 aliphatic carbocycles. The van der Waals surface area contributed by atoms with Gasteiger partial charge in [-0.3, -0.25) is 9.00 Å². The number of methoxy groups -OCH3 is 2. The second kappa shape index (κ2) is 33.3. The van der Waals surface area contributed by atoms with Crippen LogP contribution in [0.4, 0.5) is 0 Å². The molecule has 3 heterocycles. The van der Waals surface area contributed by atoms with Crippen LogP contribution in [0.1, 0.15) is 131 Å². The number of aliphatic hydroxyl groups excluding tert-OH is 1. The van der Waals surface area contributed by atoms with Gasteiger partial charge in [-0.25, -0.2) is 19.1 Å². The molecule has 1 amide bonds. The molecule has 13 rings (SSSR count). The van der Waals surface area contributed by atoms with Gasteiger partial charge in [0.05, 0.1) is 65.1 Å². The first-order valence-electron chi connectivity index (χ1n) is 31.1. The monoisotopic (exact) mass is 1180 g/mol. The largest absolute Gasteiger partial charge is 0.466 e. The van der Waals surface area contributed by atoms with Crippen LogP contribution in [-0.2, 0) is 66.8 Å². The quantitative estimate of drug-likeness (QED) is 0.0161. The van der Waals surface area contributed by atoms with Crippen LogP contribution in [-0.4, -0.2) is 142 Å². The Bertz CT molecular complexity index is 2300. The molecule has 20 unspecified atom stereocenters. The summed E-state index contributed by atoms with van der Waals surface area (Å²) in [7, 11) is 0.618. The number of esters is 3. The van der Waals surface area contributed by atoms with Gasteiger partial charge in [-0.1, -0.05) is 70.9 Å². The van der Waals surface area contributed by atoms with Crippen LogP contribution in [0.2, 0.25) is 0 Å². The molecule has 20 atom stereocenters. The van der Waals surface area contributed by atoms with Gasteiger partial charge in [0.25, 0.3) is 0 Å². The summed E-state index contributed by atoms with van der Waals surface area (Å²) >= 11 is 0. The van der Waals surface area contributed by atoms with E-state index in [1.165, 1.54) is 59.2 Å². The molecule has 3 N–H and O–H groups in total. The molecule has 83 heavy (non-hydrogen) atoms. The van der Waals surface area contributed by atoms with Crippen molar-refractivity contribution in [2.24, 2.45) is 76.9 Å². The normalized spacial score (nSPS) is 35.7. The lowest BCUT2D eigenvalue weighted by Gasteiger charge is -2.25. The first-order valence-corrected chi connectivity index (χ1v) is 33.0. The molecule has 8 bridgehead atoms. The fraction of sp³-hybridized carbons (Fsp3) is 0.742. The van der Waals surface area contributed by atoms with E-state index in [9.17, 15) is 23.4 Å². The number of rotatable bonds is 19. The zero-order valence-corrected chi connectivity index (χ0v) is 52.1. The number of ether oxygens (including phenoxy) is 8. The minimum absolute atomic E-state index is 0.142. The summed E-state index contributed by atoms with van der Waals surface area (Å²) in [6.45, 7) is 26.0. The van der Waals surface area contributed by atoms with Crippen LogP contribution in [0.25, 0.3) is 0 Å². The van der Waals surface area contributed by atoms with Crippen LogP contribution in [0.3, 0.4) is 0 Å². The molecule has 3 saturated heterocycles. The van der Waals surface area contributed by atoms with E-state index in [2.05, 4.69) is 82.9 Å². The van der Waals surface area contributed by atoms with E-state index in [-0.39, 0.29) is 37.3 Å². The van der Waals surface area contributed by atoms with Crippen molar-refractivity contribution in [3.63, 3.8) is 0 Å². The van der Waals surface area contributed by atoms with E-state index in [0.717, 1.165) is 134 Å². The number of hydrogen-bond donors (Lipinski definition) is 3. The molecule has 468 valence electrons. The second-order valence-corrected chi connectivity index (χ2v) is 27.6. The van der Waals surface area contributed by atoms with Crippen LogP contribution >= 0.6 is 0 Å². The maximum atomic E-state index is 12.0. The SMILES string of the molecule is C1CC2CC1C1CC3OC3C21.C1CC2CC1C1CC3OC3C21.C=C(C)C(=O)NCOCCCC.C=C(C)C(=O)OC.C=C(C)C(=O)OCC1CO1.C=CC(=O)OC.C=S(=O)(CCC)NC1CC2C=CC1C2.OCCOCC1CC2C=CC1C2. The van der Waals surface area contributed by atoms with Gasteiger partial charge in [-0.2, -0.15) is 0 Å². The highest BCUT2D eigenvalue weighted by Crippen LogP contribution is 2.65. The third kappa shape index (κ3) is 20.9. The highest BCUT2D eigenvalue weighted by Gasteiger charge is 2.65. The maximum absolute atomic E-state index is 12.0. The molecule has 0 radical (unpaired) electrons. The number of hydrogen-bond acceptors (Lipinski definition) is 14. The predicted molar refractivity (Wildman–Crippen MR) is 325 cm³/mol. The van der Waals surface area contributed by atoms with Crippen molar-refractivity contribution in [1.29, 1.82) is 0 Å². The Labute approximate surface area is 497 Å². The van der Waals surface area contributed by atoms with Gasteiger partial charge in [0, 0.05) is 50.9 Å². The summed E-state index contributed by atoms with van der Waals surface area (Å²) in [5.74, 6) is 15.6. The van der Waals surface area contributed by atoms with Crippen molar-refractivity contribution >= 4 is 39.4 Å². The van der Waals surface area contributed by atoms with Gasteiger partial charge in [0.15, 0.2) is 0 Å². The van der Waals surface area contributed by atoms with Gasteiger partial charge in [0.1, 0.15) is 19.4 Å². The number of amides is 1. The lowest BCUT2D eigenvalue weighted by molar-refractivity contribution is -0.139. The van der Waals surface area contributed by atoms with E-state index in [4.69, 9.17) is 33.5 Å². The summed E-state index contributed by atoms with van der Waals surface area (Å²) in [6.07, 6.45) is 33.7. The van der Waals surface area contributed by atoms with E-state index < -0.39 is 15.7 Å². The maximum Gasteiger partial charge on any atom is 0.333 e. The summed E-state index contributed by atoms with van der Waals surface area (Å²) in [4.78, 5) is 41.6. The fourth-order valence-electron chi connectivity index (χ4n) is 14.8. The van der Waals surface area contributed by atoms with Gasteiger partial charge >= 0.3 is 17.9 Å². The average molecular weight is 1180 g/mol. The number of carbonyl (C=O) groups excluding carboxylic acids is 4. The first kappa shape index (κ1) is 68.2. The molecule has 3 aliphatic heterocycles. The Balaban J connectivity index is 0.000000154. The molecule has 11 fully saturated rings. The number of aliphatic hydroxyl groups is 1. The third-order valence-corrected chi connectivity index (χ3v) is 20.7. The van der Waals surface area contributed by atoms with E-state index in [1.807, 2.05) is 6.92 Å². The molecular formula is C66H104N2O14S. The Morgan fingerprint density at radius 2 is 1.25 bits per heavy atom. The summed E-state index contributed by atoms with van der Waals surface area (Å²) < 4.78 is 54.9. The molecule has 8 saturated carbocycles. The van der Waals surface area contributed by atoms with Crippen molar-refractivity contribution in [1.82, 2.24) is 10.0 Å². The zero-order chi connectivity index (χ0) is 60.4. The number of allylic oxidation sites excluding steroid dienone is 3. The van der Waals surface area contributed by atoms with Crippen molar-refractivity contribution in [3.8, 4) is 0 Å². The highest BCUT2D eigenvalue weighted by atomic mass is 32.2. The van der Waals surface area contributed by atoms with Gasteiger partial charge in [-0.05, 0) is 193 Å². The number of nitrogens with one attached hydrogen (secondary N) is 2. The first-order chi connectivity index (χ1) is 39.7. The molecular weight excluding hydrogens is 1080 g/mol. The molecule has 13 aliphatic rings. The predicted octanol–water partition coefficient (Wildman–Crippen LogP) is 9.47. The Morgan fingerprint density at radius 3 is 1.65 bits per heavy atom. The summed E-state index contributed by atoms with van der Waals surface area (Å²) in [5.41, 5.74) is 1.37. The average Bonchev–Trinajstić information content (AvgIpc) is 4.16. The Kier molecular flexibility index (Phi) is 27.3. The lowest BCUT2D eigenvalue weighted by atomic mass is 9.81. The Morgan fingerprint density at radius 1 is 0.687 bits per heavy atom. The molecule has 0 aromatic heterocycles. The van der Waals surface area contributed by atoms with Gasteiger partial charge in [0.2, 0.25) is 5.91 Å². The summed E-state index contributed by atoms with van der Waals surface area (Å²) in [6, 6.07) is 0.418. The van der Waals surface area contributed by atoms with Crippen LogP contribution < -0.4 is 10.0 Å². The Hall–Kier alpha value is -3.94. The van der Waals surface area contributed by atoms with E-state index in [0.29, 0.717) is 60.9 Å². The van der Waals surface area contributed by atoms with Crippen molar-refractivity contribution < 1.29 is 66.4 Å². The molecule has 0 spiro atoms. The van der Waals surface area contributed by atoms with E-state index in [1.54, 1.807) is 46.5 Å². The topological polar surface area (TPSA) is 213 Å². The standard InChI is InChI=1S/C11H19NOS.C10H16O2.2C10H14O.C9H17NO2.C7H10O3.C5H8O2.C4H6O2/c1-3-6-14(2,13)12-11-8-9-4-5-10(11)7-9;11-3-4-12-7-10-6-8-1-2-9(10)5-8;2*1-2-6-3-5(1)7-4-8-10(11-8)9(6)7;1-4-5-6-12-7-10-9(11)8(2)3;1-5(2)7(8)10-4-6-3-9-6;1-4(2)5(6)7-3;1-3-4(5)6-2/h4-5,9-11H,2-3,6-8H2,1H3,(H,12,13);1-2,8-11H,3-7H2;2*5-10H,1-4H2;2,4-7H2,1,3H3,(H,10,11);6H,1,3-4H2,2H3;1H2,2-3H3;3H,1H2,2H3. The molecule has 17 heteroatoms. The van der Waals surface area contributed by atoms with Crippen molar-refractivity contribution in [3.05, 3.63) is 73.4 Å². The fourth-order valence-corrected chi connectivity index (χ4v) is 16.4. The number of carbonyl (C=O) groups is 4. The number of epoxide rings is 3. The third-order valence-electron chi connectivity index (χ3n) is 18.9. The van der Waals surface area contributed by atoms with Crippen molar-refractivity contribution in [2.75, 3.05) is 66.3 Å². The smallest absolute Gasteiger partial charge is 0.333 e. The highest BCUT2D eigenvalue weighted by molar-refractivity contribution is 7.98.